The minimum absolute atomic E-state index is 0.172. The Kier molecular flexibility index (Phi) is 3.97. The summed E-state index contributed by atoms with van der Waals surface area (Å²) in [4.78, 5) is 0. The number of rotatable bonds is 2. The van der Waals surface area contributed by atoms with E-state index in [1.54, 1.807) is 0 Å². The van der Waals surface area contributed by atoms with Gasteiger partial charge in [-0.25, -0.2) is 0 Å². The van der Waals surface area contributed by atoms with Gasteiger partial charge in [0.2, 0.25) is 0 Å². The summed E-state index contributed by atoms with van der Waals surface area (Å²) in [5.74, 6) is 0.568. The van der Waals surface area contributed by atoms with Gasteiger partial charge in [-0.1, -0.05) is 19.3 Å². The molecule has 0 atom stereocenters. The van der Waals surface area contributed by atoms with E-state index in [1.807, 2.05) is 0 Å². The number of benzene rings is 1. The summed E-state index contributed by atoms with van der Waals surface area (Å²) >= 11 is 0. The van der Waals surface area contributed by atoms with Gasteiger partial charge < -0.3 is 15.2 Å². The lowest BCUT2D eigenvalue weighted by atomic mass is 9.68. The van der Waals surface area contributed by atoms with Gasteiger partial charge >= 0.3 is 6.18 Å². The predicted molar refractivity (Wildman–Crippen MR) is 76.3 cm³/mol. The molecule has 1 aromatic carbocycles. The van der Waals surface area contributed by atoms with Gasteiger partial charge in [-0.2, -0.15) is 13.2 Å². The molecule has 1 saturated carbocycles. The normalized spacial score (nSPS) is 20.7. The molecule has 3 nitrogen and oxygen atoms in total. The fourth-order valence-corrected chi connectivity index (χ4v) is 3.57. The van der Waals surface area contributed by atoms with Crippen molar-refractivity contribution in [3.05, 3.63) is 23.3 Å². The van der Waals surface area contributed by atoms with Crippen LogP contribution in [0.1, 0.15) is 43.2 Å². The van der Waals surface area contributed by atoms with Gasteiger partial charge in [0, 0.05) is 12.0 Å². The lowest BCUT2D eigenvalue weighted by Gasteiger charge is -2.39. The van der Waals surface area contributed by atoms with Crippen molar-refractivity contribution in [3.8, 4) is 11.5 Å². The molecule has 0 radical (unpaired) electrons. The highest BCUT2D eigenvalue weighted by atomic mass is 19.4. The van der Waals surface area contributed by atoms with E-state index in [4.69, 9.17) is 15.2 Å². The van der Waals surface area contributed by atoms with E-state index in [1.165, 1.54) is 6.07 Å². The van der Waals surface area contributed by atoms with Crippen molar-refractivity contribution in [2.75, 3.05) is 19.8 Å². The van der Waals surface area contributed by atoms with Crippen molar-refractivity contribution >= 4 is 0 Å². The second kappa shape index (κ2) is 5.65. The molecule has 122 valence electrons. The zero-order valence-corrected chi connectivity index (χ0v) is 12.3. The number of fused-ring (bicyclic) bond motifs is 1. The van der Waals surface area contributed by atoms with Gasteiger partial charge in [-0.3, -0.25) is 0 Å². The van der Waals surface area contributed by atoms with E-state index in [-0.39, 0.29) is 24.5 Å². The third kappa shape index (κ3) is 2.64. The summed E-state index contributed by atoms with van der Waals surface area (Å²) in [6.45, 7) is 0.842. The van der Waals surface area contributed by atoms with Crippen LogP contribution in [0, 0.1) is 0 Å². The molecule has 0 saturated heterocycles. The molecule has 1 aromatic rings. The third-order valence-corrected chi connectivity index (χ3v) is 4.76. The number of halogens is 3. The van der Waals surface area contributed by atoms with Crippen LogP contribution in [0.15, 0.2) is 12.1 Å². The second-order valence-electron chi connectivity index (χ2n) is 6.08. The Morgan fingerprint density at radius 2 is 1.59 bits per heavy atom. The molecule has 0 unspecified atom stereocenters. The van der Waals surface area contributed by atoms with E-state index in [0.717, 1.165) is 25.3 Å². The molecule has 1 aliphatic heterocycles. The van der Waals surface area contributed by atoms with Crippen LogP contribution < -0.4 is 15.2 Å². The average Bonchev–Trinajstić information content (AvgIpc) is 2.53. The van der Waals surface area contributed by atoms with Crippen molar-refractivity contribution in [1.29, 1.82) is 0 Å². The standard InChI is InChI=1S/C16H20F3NO2/c17-16(18,19)12-9-14-13(21-6-7-22-14)8-11(12)15(10-20)4-2-1-3-5-15/h8-9H,1-7,10,20H2. The van der Waals surface area contributed by atoms with Crippen LogP contribution >= 0.6 is 0 Å². The topological polar surface area (TPSA) is 44.5 Å². The fraction of sp³-hybridized carbons (Fsp3) is 0.625. The number of hydrogen-bond acceptors (Lipinski definition) is 3. The minimum Gasteiger partial charge on any atom is -0.486 e. The maximum absolute atomic E-state index is 13.5. The van der Waals surface area contributed by atoms with E-state index in [2.05, 4.69) is 0 Å². The quantitative estimate of drug-likeness (QED) is 0.906. The molecule has 0 bridgehead atoms. The zero-order chi connectivity index (χ0) is 15.8. The van der Waals surface area contributed by atoms with E-state index < -0.39 is 17.2 Å². The number of ether oxygens (including phenoxy) is 2. The lowest BCUT2D eigenvalue weighted by molar-refractivity contribution is -0.139. The highest BCUT2D eigenvalue weighted by molar-refractivity contribution is 5.52. The minimum atomic E-state index is -4.43. The van der Waals surface area contributed by atoms with Crippen LogP contribution in [0.25, 0.3) is 0 Å². The Morgan fingerprint density at radius 1 is 1.00 bits per heavy atom. The Balaban J connectivity index is 2.15. The van der Waals surface area contributed by atoms with Crippen molar-refractivity contribution in [2.24, 2.45) is 5.73 Å². The number of hydrogen-bond donors (Lipinski definition) is 1. The number of nitrogens with two attached hydrogens (primary N) is 1. The van der Waals surface area contributed by atoms with Crippen molar-refractivity contribution in [1.82, 2.24) is 0 Å². The molecule has 22 heavy (non-hydrogen) atoms. The van der Waals surface area contributed by atoms with Gasteiger partial charge in [-0.05, 0) is 30.5 Å². The van der Waals surface area contributed by atoms with Crippen LogP contribution in [-0.4, -0.2) is 19.8 Å². The smallest absolute Gasteiger partial charge is 0.416 e. The van der Waals surface area contributed by atoms with E-state index >= 15 is 0 Å². The van der Waals surface area contributed by atoms with Crippen molar-refractivity contribution in [3.63, 3.8) is 0 Å². The highest BCUT2D eigenvalue weighted by Crippen LogP contribution is 2.48. The first kappa shape index (κ1) is 15.5. The molecule has 1 fully saturated rings. The summed E-state index contributed by atoms with van der Waals surface area (Å²) in [7, 11) is 0. The Hall–Kier alpha value is -1.43. The van der Waals surface area contributed by atoms with Gasteiger partial charge in [0.05, 0.1) is 5.56 Å². The summed E-state index contributed by atoms with van der Waals surface area (Å²) in [5.41, 5.74) is 4.94. The molecule has 0 amide bonds. The molecule has 1 heterocycles. The van der Waals surface area contributed by atoms with Gasteiger partial charge in [-0.15, -0.1) is 0 Å². The van der Waals surface area contributed by atoms with Gasteiger partial charge in [0.15, 0.2) is 11.5 Å². The summed E-state index contributed by atoms with van der Waals surface area (Å²) < 4.78 is 51.4. The Morgan fingerprint density at radius 3 is 2.14 bits per heavy atom. The molecule has 3 rings (SSSR count). The molecule has 6 heteroatoms. The maximum Gasteiger partial charge on any atom is 0.416 e. The molecule has 2 N–H and O–H groups in total. The van der Waals surface area contributed by atoms with Gasteiger partial charge in [0.25, 0.3) is 0 Å². The molecule has 2 aliphatic rings. The third-order valence-electron chi connectivity index (χ3n) is 4.76. The molecular weight excluding hydrogens is 295 g/mol. The highest BCUT2D eigenvalue weighted by Gasteiger charge is 2.43. The first-order chi connectivity index (χ1) is 10.5. The van der Waals surface area contributed by atoms with E-state index in [9.17, 15) is 13.2 Å². The lowest BCUT2D eigenvalue weighted by Crippen LogP contribution is -2.39. The largest absolute Gasteiger partial charge is 0.486 e. The molecule has 0 spiro atoms. The number of alkyl halides is 3. The van der Waals surface area contributed by atoms with E-state index in [0.29, 0.717) is 25.2 Å². The van der Waals surface area contributed by atoms with Crippen LogP contribution in [0.3, 0.4) is 0 Å². The van der Waals surface area contributed by atoms with Gasteiger partial charge in [0.1, 0.15) is 13.2 Å². The average molecular weight is 315 g/mol. The van der Waals surface area contributed by atoms with Crippen LogP contribution in [0.2, 0.25) is 0 Å². The molecular formula is C16H20F3NO2. The Bertz CT molecular complexity index is 551. The SMILES string of the molecule is NCC1(c2cc3c(cc2C(F)(F)F)OCCO3)CCCCC1. The fourth-order valence-electron chi connectivity index (χ4n) is 3.57. The van der Waals surface area contributed by atoms with Crippen molar-refractivity contribution in [2.45, 2.75) is 43.7 Å². The first-order valence-electron chi connectivity index (χ1n) is 7.68. The monoisotopic (exact) mass is 315 g/mol. The second-order valence-corrected chi connectivity index (χ2v) is 6.08. The first-order valence-corrected chi connectivity index (χ1v) is 7.68. The van der Waals surface area contributed by atoms with Crippen LogP contribution in [0.5, 0.6) is 11.5 Å². The zero-order valence-electron chi connectivity index (χ0n) is 12.3. The van der Waals surface area contributed by atoms with Crippen LogP contribution in [-0.2, 0) is 11.6 Å². The summed E-state index contributed by atoms with van der Waals surface area (Å²) in [6.07, 6.45) is -0.192. The summed E-state index contributed by atoms with van der Waals surface area (Å²) in [5, 5.41) is 0. The van der Waals surface area contributed by atoms with Crippen LogP contribution in [0.4, 0.5) is 13.2 Å². The Labute approximate surface area is 127 Å². The van der Waals surface area contributed by atoms with Crippen molar-refractivity contribution < 1.29 is 22.6 Å². The molecule has 1 aliphatic carbocycles. The maximum atomic E-state index is 13.5. The predicted octanol–water partition coefficient (Wildman–Crippen LogP) is 3.64. The summed E-state index contributed by atoms with van der Waals surface area (Å²) in [6, 6.07) is 2.59. The molecule has 0 aromatic heterocycles.